The van der Waals surface area contributed by atoms with E-state index in [1.165, 1.54) is 0 Å². The van der Waals surface area contributed by atoms with E-state index < -0.39 is 0 Å². The van der Waals surface area contributed by atoms with Crippen LogP contribution in [0.25, 0.3) is 0 Å². The van der Waals surface area contributed by atoms with Crippen molar-refractivity contribution in [3.8, 4) is 0 Å². The molecule has 0 aliphatic carbocycles. The predicted octanol–water partition coefficient (Wildman–Crippen LogP) is 4.57. The molecule has 2 aromatic heterocycles. The standard InChI is InChI=1S/C27H30N4O2/c1-3-20(2)24-8-4-5-9-25(24)31-19-23(15-26(31)32)27(33)30(17-21-10-13-28-14-11-21)18-22-7-6-12-29-16-22/h4-14,16,20,23H,3,15,17-19H2,1-2H3. The molecule has 1 aliphatic heterocycles. The minimum absolute atomic E-state index is 0.00691. The zero-order valence-corrected chi connectivity index (χ0v) is 19.2. The van der Waals surface area contributed by atoms with Crippen LogP contribution >= 0.6 is 0 Å². The van der Waals surface area contributed by atoms with Gasteiger partial charge in [0.2, 0.25) is 11.8 Å². The number of para-hydroxylation sites is 1. The van der Waals surface area contributed by atoms with E-state index in [1.54, 1.807) is 29.7 Å². The van der Waals surface area contributed by atoms with Gasteiger partial charge in [-0.2, -0.15) is 0 Å². The van der Waals surface area contributed by atoms with Crippen molar-refractivity contribution in [2.24, 2.45) is 5.92 Å². The predicted molar refractivity (Wildman–Crippen MR) is 128 cm³/mol. The molecule has 1 aromatic carbocycles. The molecule has 33 heavy (non-hydrogen) atoms. The molecule has 3 aromatic rings. The Morgan fingerprint density at radius 3 is 2.52 bits per heavy atom. The summed E-state index contributed by atoms with van der Waals surface area (Å²) in [4.78, 5) is 38.6. The SMILES string of the molecule is CCC(C)c1ccccc1N1CC(C(=O)N(Cc2ccncc2)Cc2cccnc2)CC1=O. The van der Waals surface area contributed by atoms with Crippen molar-refractivity contribution in [1.82, 2.24) is 14.9 Å². The minimum Gasteiger partial charge on any atom is -0.334 e. The van der Waals surface area contributed by atoms with E-state index in [2.05, 4.69) is 29.9 Å². The van der Waals surface area contributed by atoms with Crippen LogP contribution in [-0.4, -0.2) is 33.2 Å². The molecule has 0 radical (unpaired) electrons. The zero-order valence-electron chi connectivity index (χ0n) is 19.2. The Bertz CT molecular complexity index is 1050. The lowest BCUT2D eigenvalue weighted by Gasteiger charge is -2.26. The van der Waals surface area contributed by atoms with Gasteiger partial charge < -0.3 is 9.80 Å². The van der Waals surface area contributed by atoms with Crippen LogP contribution in [0.2, 0.25) is 0 Å². The smallest absolute Gasteiger partial charge is 0.228 e. The summed E-state index contributed by atoms with van der Waals surface area (Å²) in [7, 11) is 0. The second kappa shape index (κ2) is 10.4. The normalized spacial score (nSPS) is 16.6. The summed E-state index contributed by atoms with van der Waals surface area (Å²) >= 11 is 0. The lowest BCUT2D eigenvalue weighted by atomic mass is 9.96. The van der Waals surface area contributed by atoms with Crippen molar-refractivity contribution >= 4 is 17.5 Å². The van der Waals surface area contributed by atoms with Crippen molar-refractivity contribution in [2.45, 2.75) is 45.7 Å². The van der Waals surface area contributed by atoms with Crippen LogP contribution in [0, 0.1) is 5.92 Å². The fourth-order valence-corrected chi connectivity index (χ4v) is 4.37. The Morgan fingerprint density at radius 1 is 1.03 bits per heavy atom. The molecule has 2 atom stereocenters. The maximum Gasteiger partial charge on any atom is 0.228 e. The van der Waals surface area contributed by atoms with Gasteiger partial charge >= 0.3 is 0 Å². The molecule has 0 bridgehead atoms. The number of pyridine rings is 2. The molecule has 0 spiro atoms. The van der Waals surface area contributed by atoms with Gasteiger partial charge in [-0.1, -0.05) is 38.1 Å². The molecule has 6 heteroatoms. The highest BCUT2D eigenvalue weighted by Crippen LogP contribution is 2.34. The van der Waals surface area contributed by atoms with E-state index >= 15 is 0 Å². The summed E-state index contributed by atoms with van der Waals surface area (Å²) in [5.41, 5.74) is 4.05. The monoisotopic (exact) mass is 442 g/mol. The van der Waals surface area contributed by atoms with Crippen LogP contribution in [0.4, 0.5) is 5.69 Å². The van der Waals surface area contributed by atoms with Crippen LogP contribution in [0.15, 0.2) is 73.3 Å². The molecule has 0 saturated carbocycles. The zero-order chi connectivity index (χ0) is 23.2. The summed E-state index contributed by atoms with van der Waals surface area (Å²) < 4.78 is 0. The summed E-state index contributed by atoms with van der Waals surface area (Å²) in [6.07, 6.45) is 8.19. The number of nitrogens with zero attached hydrogens (tertiary/aromatic N) is 4. The molecule has 6 nitrogen and oxygen atoms in total. The molecule has 1 aliphatic rings. The third kappa shape index (κ3) is 5.28. The molecular formula is C27H30N4O2. The highest BCUT2D eigenvalue weighted by Gasteiger charge is 2.38. The Kier molecular flexibility index (Phi) is 7.13. The summed E-state index contributed by atoms with van der Waals surface area (Å²) in [6, 6.07) is 15.7. The number of carbonyl (C=O) groups is 2. The maximum atomic E-state index is 13.7. The average Bonchev–Trinajstić information content (AvgIpc) is 3.25. The van der Waals surface area contributed by atoms with Gasteiger partial charge in [-0.25, -0.2) is 0 Å². The summed E-state index contributed by atoms with van der Waals surface area (Å²) in [5, 5.41) is 0. The van der Waals surface area contributed by atoms with Gasteiger partial charge in [0, 0.05) is 56.5 Å². The Balaban J connectivity index is 1.56. The number of anilines is 1. The number of benzene rings is 1. The van der Waals surface area contributed by atoms with Crippen LogP contribution in [0.5, 0.6) is 0 Å². The summed E-state index contributed by atoms with van der Waals surface area (Å²) in [6.45, 7) is 5.64. The first-order valence-corrected chi connectivity index (χ1v) is 11.5. The lowest BCUT2D eigenvalue weighted by Crippen LogP contribution is -2.37. The fraction of sp³-hybridized carbons (Fsp3) is 0.333. The number of aromatic nitrogens is 2. The molecule has 1 fully saturated rings. The third-order valence-corrected chi connectivity index (χ3v) is 6.38. The largest absolute Gasteiger partial charge is 0.334 e. The molecule has 0 N–H and O–H groups in total. The maximum absolute atomic E-state index is 13.7. The quantitative estimate of drug-likeness (QED) is 0.512. The average molecular weight is 443 g/mol. The van der Waals surface area contributed by atoms with E-state index in [-0.39, 0.29) is 24.2 Å². The molecule has 2 amide bonds. The van der Waals surface area contributed by atoms with E-state index in [1.807, 2.05) is 47.4 Å². The molecule has 3 heterocycles. The van der Waals surface area contributed by atoms with Gasteiger partial charge in [0.05, 0.1) is 5.92 Å². The lowest BCUT2D eigenvalue weighted by molar-refractivity contribution is -0.137. The Morgan fingerprint density at radius 2 is 1.79 bits per heavy atom. The van der Waals surface area contributed by atoms with Crippen LogP contribution < -0.4 is 4.90 Å². The molecule has 4 rings (SSSR count). The van der Waals surface area contributed by atoms with E-state index in [9.17, 15) is 9.59 Å². The minimum atomic E-state index is -0.374. The number of hydrogen-bond donors (Lipinski definition) is 0. The van der Waals surface area contributed by atoms with Crippen molar-refractivity contribution in [3.05, 3.63) is 90.0 Å². The van der Waals surface area contributed by atoms with Gasteiger partial charge in [-0.15, -0.1) is 0 Å². The number of carbonyl (C=O) groups excluding carboxylic acids is 2. The molecule has 170 valence electrons. The first-order chi connectivity index (χ1) is 16.1. The van der Waals surface area contributed by atoms with Crippen LogP contribution in [0.3, 0.4) is 0 Å². The highest BCUT2D eigenvalue weighted by atomic mass is 16.2. The van der Waals surface area contributed by atoms with E-state index in [0.29, 0.717) is 25.6 Å². The molecular weight excluding hydrogens is 412 g/mol. The first kappa shape index (κ1) is 22.6. The molecule has 2 unspecified atom stereocenters. The van der Waals surface area contributed by atoms with Crippen molar-refractivity contribution in [1.29, 1.82) is 0 Å². The topological polar surface area (TPSA) is 66.4 Å². The molecule has 1 saturated heterocycles. The number of rotatable bonds is 8. The van der Waals surface area contributed by atoms with Gasteiger partial charge in [-0.3, -0.25) is 19.6 Å². The van der Waals surface area contributed by atoms with Crippen molar-refractivity contribution in [2.75, 3.05) is 11.4 Å². The van der Waals surface area contributed by atoms with Gasteiger partial charge in [0.15, 0.2) is 0 Å². The fourth-order valence-electron chi connectivity index (χ4n) is 4.37. The van der Waals surface area contributed by atoms with Gasteiger partial charge in [0.1, 0.15) is 0 Å². The summed E-state index contributed by atoms with van der Waals surface area (Å²) in [5.74, 6) is -0.0274. The van der Waals surface area contributed by atoms with E-state index in [4.69, 9.17) is 0 Å². The number of hydrogen-bond acceptors (Lipinski definition) is 4. The second-order valence-corrected chi connectivity index (χ2v) is 8.68. The van der Waals surface area contributed by atoms with Gasteiger partial charge in [-0.05, 0) is 53.3 Å². The first-order valence-electron chi connectivity index (χ1n) is 11.5. The van der Waals surface area contributed by atoms with Crippen LogP contribution in [0.1, 0.15) is 49.3 Å². The third-order valence-electron chi connectivity index (χ3n) is 6.38. The van der Waals surface area contributed by atoms with Crippen LogP contribution in [-0.2, 0) is 22.7 Å². The Labute approximate surface area is 195 Å². The van der Waals surface area contributed by atoms with Gasteiger partial charge in [0.25, 0.3) is 0 Å². The second-order valence-electron chi connectivity index (χ2n) is 8.68. The number of amides is 2. The Hall–Kier alpha value is -3.54. The van der Waals surface area contributed by atoms with Crippen molar-refractivity contribution in [3.63, 3.8) is 0 Å². The highest BCUT2D eigenvalue weighted by molar-refractivity contribution is 6.00. The van der Waals surface area contributed by atoms with E-state index in [0.717, 1.165) is 28.8 Å². The van der Waals surface area contributed by atoms with Crippen molar-refractivity contribution < 1.29 is 9.59 Å².